The maximum absolute atomic E-state index is 13.4. The van der Waals surface area contributed by atoms with Crippen LogP contribution in [0.4, 0.5) is 0 Å². The molecule has 1 rings (SSSR count). The molecule has 0 unspecified atom stereocenters. The van der Waals surface area contributed by atoms with Crippen LogP contribution in [-0.4, -0.2) is 79.1 Å². The minimum Gasteiger partial charge on any atom is -0.351 e. The Morgan fingerprint density at radius 1 is 0.690 bits per heavy atom. The van der Waals surface area contributed by atoms with Gasteiger partial charge in [-0.2, -0.15) is 0 Å². The van der Waals surface area contributed by atoms with Crippen molar-refractivity contribution in [1.29, 1.82) is 0 Å². The van der Waals surface area contributed by atoms with Crippen molar-refractivity contribution in [3.63, 3.8) is 0 Å². The van der Waals surface area contributed by atoms with Crippen LogP contribution in [0.15, 0.2) is 24.3 Å². The molecule has 0 bridgehead atoms. The Morgan fingerprint density at radius 2 is 1.14 bits per heavy atom. The van der Waals surface area contributed by atoms with Crippen LogP contribution < -0.4 is 21.3 Å². The molecule has 1 aromatic rings. The van der Waals surface area contributed by atoms with Gasteiger partial charge in [-0.3, -0.25) is 19.2 Å². The molecule has 4 amide bonds. The van der Waals surface area contributed by atoms with Crippen LogP contribution in [0.3, 0.4) is 0 Å². The lowest BCUT2D eigenvalue weighted by Crippen LogP contribution is -2.55. The van der Waals surface area contributed by atoms with E-state index in [1.807, 2.05) is 41.5 Å². The predicted molar refractivity (Wildman–Crippen MR) is 166 cm³/mol. The zero-order valence-corrected chi connectivity index (χ0v) is 26.8. The summed E-state index contributed by atoms with van der Waals surface area (Å²) in [5.41, 5.74) is 0.756. The van der Waals surface area contributed by atoms with Crippen molar-refractivity contribution in [2.75, 3.05) is 26.2 Å². The van der Waals surface area contributed by atoms with Gasteiger partial charge in [-0.05, 0) is 74.4 Å². The third-order valence-corrected chi connectivity index (χ3v) is 6.90. The van der Waals surface area contributed by atoms with Crippen molar-refractivity contribution < 1.29 is 24.0 Å². The Bertz CT molecular complexity index is 1010. The van der Waals surface area contributed by atoms with Crippen molar-refractivity contribution in [2.24, 2.45) is 17.8 Å². The fourth-order valence-corrected chi connectivity index (χ4v) is 4.60. The Balaban J connectivity index is 2.94. The highest BCUT2D eigenvalue weighted by molar-refractivity contribution is 6.00. The van der Waals surface area contributed by atoms with Crippen molar-refractivity contribution in [1.82, 2.24) is 26.2 Å². The first-order valence-corrected chi connectivity index (χ1v) is 15.3. The molecule has 0 saturated carbocycles. The lowest BCUT2D eigenvalue weighted by Gasteiger charge is -2.26. The zero-order chi connectivity index (χ0) is 31.8. The molecular formula is C32H53N5O5. The summed E-state index contributed by atoms with van der Waals surface area (Å²) in [6.45, 7) is 19.0. The Hall–Kier alpha value is -3.27. The minimum absolute atomic E-state index is 0.0892. The van der Waals surface area contributed by atoms with Crippen LogP contribution in [0.2, 0.25) is 0 Å². The van der Waals surface area contributed by atoms with Crippen LogP contribution in [0, 0.1) is 17.8 Å². The van der Waals surface area contributed by atoms with E-state index < -0.39 is 35.8 Å². The number of carbonyl (C=O) groups is 5. The zero-order valence-electron chi connectivity index (χ0n) is 26.8. The quantitative estimate of drug-likeness (QED) is 0.184. The number of nitrogens with zero attached hydrogens (tertiary/aromatic N) is 1. The van der Waals surface area contributed by atoms with Gasteiger partial charge in [-0.1, -0.05) is 55.4 Å². The first-order valence-electron chi connectivity index (χ1n) is 15.3. The van der Waals surface area contributed by atoms with Gasteiger partial charge in [0.1, 0.15) is 18.4 Å². The predicted octanol–water partition coefficient (Wildman–Crippen LogP) is 3.16. The van der Waals surface area contributed by atoms with Gasteiger partial charge in [-0.15, -0.1) is 0 Å². The second kappa shape index (κ2) is 19.0. The third kappa shape index (κ3) is 13.6. The number of benzene rings is 1. The number of hydrogen-bond acceptors (Lipinski definition) is 6. The summed E-state index contributed by atoms with van der Waals surface area (Å²) in [5, 5.41) is 11.3. The highest BCUT2D eigenvalue weighted by atomic mass is 16.2. The molecule has 0 heterocycles. The molecule has 42 heavy (non-hydrogen) atoms. The fraction of sp³-hybridized carbons (Fsp3) is 0.656. The number of carbonyl (C=O) groups excluding carboxylic acids is 5. The van der Waals surface area contributed by atoms with E-state index in [0.717, 1.165) is 25.9 Å². The van der Waals surface area contributed by atoms with E-state index in [1.54, 1.807) is 24.3 Å². The van der Waals surface area contributed by atoms with E-state index in [1.165, 1.54) is 0 Å². The van der Waals surface area contributed by atoms with Gasteiger partial charge >= 0.3 is 0 Å². The van der Waals surface area contributed by atoms with Crippen LogP contribution in [-0.2, 0) is 14.4 Å². The molecule has 0 aliphatic rings. The molecule has 0 saturated heterocycles. The molecule has 4 N–H and O–H groups in total. The van der Waals surface area contributed by atoms with Crippen LogP contribution in [0.25, 0.3) is 0 Å². The topological polar surface area (TPSA) is 137 Å². The van der Waals surface area contributed by atoms with Gasteiger partial charge in [0.05, 0.1) is 6.04 Å². The lowest BCUT2D eigenvalue weighted by molar-refractivity contribution is -0.131. The molecule has 1 aromatic carbocycles. The fourth-order valence-electron chi connectivity index (χ4n) is 4.60. The maximum Gasteiger partial charge on any atom is 0.251 e. The highest BCUT2D eigenvalue weighted by Crippen LogP contribution is 2.12. The largest absolute Gasteiger partial charge is 0.351 e. The number of aldehydes is 1. The molecule has 0 aromatic heterocycles. The van der Waals surface area contributed by atoms with Crippen LogP contribution >= 0.6 is 0 Å². The average molecular weight is 588 g/mol. The van der Waals surface area contributed by atoms with Crippen LogP contribution in [0.1, 0.15) is 95.4 Å². The molecule has 0 aliphatic carbocycles. The first-order chi connectivity index (χ1) is 19.8. The van der Waals surface area contributed by atoms with Crippen molar-refractivity contribution in [3.05, 3.63) is 35.4 Å². The molecule has 0 radical (unpaired) electrons. The van der Waals surface area contributed by atoms with Gasteiger partial charge in [0.15, 0.2) is 0 Å². The Morgan fingerprint density at radius 3 is 1.60 bits per heavy atom. The van der Waals surface area contributed by atoms with Gasteiger partial charge in [0.2, 0.25) is 11.8 Å². The summed E-state index contributed by atoms with van der Waals surface area (Å²) in [6.07, 6.45) is 1.96. The standard InChI is InChI=1S/C32H53N5O5/c1-9-37(10-2)16-15-33-29(39)24-11-13-25(14-12-24)30(40)35-28(19-23(7)8)32(42)36-27(18-22(5)6)31(41)34-26(20-38)17-21(3)4/h11-14,20-23,26-28H,9-10,15-19H2,1-8H3,(H,33,39)(H,34,41)(H,35,40)(H,36,42)/t26-,27-,28-/m0/s1. The molecule has 10 heteroatoms. The highest BCUT2D eigenvalue weighted by Gasteiger charge is 2.29. The molecule has 236 valence electrons. The number of rotatable bonds is 19. The molecule has 0 fully saturated rings. The molecule has 0 spiro atoms. The third-order valence-electron chi connectivity index (χ3n) is 6.90. The van der Waals surface area contributed by atoms with Crippen molar-refractivity contribution in [3.8, 4) is 0 Å². The smallest absolute Gasteiger partial charge is 0.251 e. The number of hydrogen-bond donors (Lipinski definition) is 4. The Labute approximate surface area is 252 Å². The van der Waals surface area contributed by atoms with Crippen molar-refractivity contribution in [2.45, 2.75) is 92.8 Å². The summed E-state index contributed by atoms with van der Waals surface area (Å²) < 4.78 is 0. The minimum atomic E-state index is -0.874. The van der Waals surface area contributed by atoms with E-state index in [0.29, 0.717) is 36.9 Å². The monoisotopic (exact) mass is 587 g/mol. The number of amides is 4. The summed E-state index contributed by atoms with van der Waals surface area (Å²) in [5.74, 6) is -1.15. The van der Waals surface area contributed by atoms with E-state index in [-0.39, 0.29) is 23.7 Å². The van der Waals surface area contributed by atoms with E-state index in [2.05, 4.69) is 40.0 Å². The van der Waals surface area contributed by atoms with Gasteiger partial charge in [0.25, 0.3) is 11.8 Å². The Kier molecular flexibility index (Phi) is 16.6. The maximum atomic E-state index is 13.4. The SMILES string of the molecule is CCN(CC)CCNC(=O)c1ccc(C(=O)N[C@@H](CC(C)C)C(=O)N[C@@H](CC(C)C)C(=O)N[C@H](C=O)CC(C)C)cc1. The summed E-state index contributed by atoms with van der Waals surface area (Å²) in [7, 11) is 0. The molecule has 10 nitrogen and oxygen atoms in total. The molecule has 0 aliphatic heterocycles. The lowest BCUT2D eigenvalue weighted by atomic mass is 9.99. The first kappa shape index (κ1) is 36.8. The van der Waals surface area contributed by atoms with Gasteiger partial charge < -0.3 is 31.0 Å². The molecular weight excluding hydrogens is 534 g/mol. The summed E-state index contributed by atoms with van der Waals surface area (Å²) >= 11 is 0. The summed E-state index contributed by atoms with van der Waals surface area (Å²) in [6, 6.07) is 3.93. The van der Waals surface area contributed by atoms with E-state index in [9.17, 15) is 24.0 Å². The van der Waals surface area contributed by atoms with Gasteiger partial charge in [0, 0.05) is 24.2 Å². The second-order valence-corrected chi connectivity index (χ2v) is 12.1. The van der Waals surface area contributed by atoms with E-state index in [4.69, 9.17) is 0 Å². The van der Waals surface area contributed by atoms with Crippen LogP contribution in [0.5, 0.6) is 0 Å². The normalized spacial score (nSPS) is 13.5. The van der Waals surface area contributed by atoms with Crippen molar-refractivity contribution >= 4 is 29.9 Å². The number of likely N-dealkylation sites (N-methyl/N-ethyl adjacent to an activating group) is 1. The van der Waals surface area contributed by atoms with Gasteiger partial charge in [-0.25, -0.2) is 0 Å². The average Bonchev–Trinajstić information content (AvgIpc) is 2.93. The molecule has 3 atom stereocenters. The summed E-state index contributed by atoms with van der Waals surface area (Å²) in [4.78, 5) is 65.8. The van der Waals surface area contributed by atoms with E-state index >= 15 is 0 Å². The second-order valence-electron chi connectivity index (χ2n) is 12.1. The number of nitrogens with one attached hydrogen (secondary N) is 4.